The molecule has 0 radical (unpaired) electrons. The summed E-state index contributed by atoms with van der Waals surface area (Å²) in [7, 11) is 3.30. The molecule has 0 aromatic heterocycles. The fourth-order valence-electron chi connectivity index (χ4n) is 2.71. The molecular weight excluding hydrogens is 298 g/mol. The van der Waals surface area contributed by atoms with Crippen LogP contribution in [-0.2, 0) is 0 Å². The first-order chi connectivity index (χ1) is 10.6. The van der Waals surface area contributed by atoms with Gasteiger partial charge in [0, 0.05) is 16.8 Å². The highest BCUT2D eigenvalue weighted by Crippen LogP contribution is 2.38. The van der Waals surface area contributed by atoms with Gasteiger partial charge in [0.05, 0.1) is 14.2 Å². The van der Waals surface area contributed by atoms with Crippen LogP contribution in [0.4, 0.5) is 0 Å². The Kier molecular flexibility index (Phi) is 3.99. The standard InChI is InChI=1S/C18H18ClNO2/c1-11-15-10-18(22-3)17(21-2)9-13(15)8-16(20-11)12-4-6-14(19)7-5-12/h4-11,20H,1-3H3. The van der Waals surface area contributed by atoms with Gasteiger partial charge in [-0.1, -0.05) is 23.7 Å². The smallest absolute Gasteiger partial charge is 0.161 e. The zero-order valence-electron chi connectivity index (χ0n) is 12.8. The van der Waals surface area contributed by atoms with Crippen LogP contribution in [0.1, 0.15) is 29.7 Å². The van der Waals surface area contributed by atoms with E-state index in [9.17, 15) is 0 Å². The van der Waals surface area contributed by atoms with E-state index in [1.165, 1.54) is 5.56 Å². The topological polar surface area (TPSA) is 30.5 Å². The summed E-state index contributed by atoms with van der Waals surface area (Å²) in [5.41, 5.74) is 4.50. The first kappa shape index (κ1) is 14.8. The molecular formula is C18H18ClNO2. The second-order valence-electron chi connectivity index (χ2n) is 5.27. The van der Waals surface area contributed by atoms with Crippen molar-refractivity contribution in [1.82, 2.24) is 5.32 Å². The highest BCUT2D eigenvalue weighted by Gasteiger charge is 2.20. The SMILES string of the molecule is COc1cc2c(cc1OC)C(C)NC(c1ccc(Cl)cc1)=C2. The van der Waals surface area contributed by atoms with Crippen molar-refractivity contribution in [3.8, 4) is 11.5 Å². The lowest BCUT2D eigenvalue weighted by Gasteiger charge is -2.26. The molecule has 3 rings (SSSR count). The zero-order valence-corrected chi connectivity index (χ0v) is 13.6. The van der Waals surface area contributed by atoms with Crippen LogP contribution < -0.4 is 14.8 Å². The van der Waals surface area contributed by atoms with Crippen LogP contribution in [-0.4, -0.2) is 14.2 Å². The summed E-state index contributed by atoms with van der Waals surface area (Å²) in [5.74, 6) is 1.49. The maximum atomic E-state index is 5.96. The quantitative estimate of drug-likeness (QED) is 0.903. The van der Waals surface area contributed by atoms with Crippen LogP contribution >= 0.6 is 11.6 Å². The number of benzene rings is 2. The zero-order chi connectivity index (χ0) is 15.7. The van der Waals surface area contributed by atoms with Gasteiger partial charge in [-0.25, -0.2) is 0 Å². The summed E-state index contributed by atoms with van der Waals surface area (Å²) < 4.78 is 10.8. The van der Waals surface area contributed by atoms with Gasteiger partial charge in [-0.2, -0.15) is 0 Å². The number of hydrogen-bond acceptors (Lipinski definition) is 3. The summed E-state index contributed by atoms with van der Waals surface area (Å²) in [4.78, 5) is 0. The van der Waals surface area contributed by atoms with E-state index < -0.39 is 0 Å². The molecule has 0 aliphatic carbocycles. The summed E-state index contributed by atoms with van der Waals surface area (Å²) in [6.45, 7) is 2.13. The Morgan fingerprint density at radius 1 is 1.00 bits per heavy atom. The van der Waals surface area contributed by atoms with E-state index in [0.717, 1.165) is 33.3 Å². The highest BCUT2D eigenvalue weighted by molar-refractivity contribution is 6.30. The van der Waals surface area contributed by atoms with Crippen molar-refractivity contribution in [2.45, 2.75) is 13.0 Å². The fourth-order valence-corrected chi connectivity index (χ4v) is 2.84. The van der Waals surface area contributed by atoms with Crippen LogP contribution in [0.3, 0.4) is 0 Å². The molecule has 1 unspecified atom stereocenters. The predicted octanol–water partition coefficient (Wildman–Crippen LogP) is 4.52. The van der Waals surface area contributed by atoms with Crippen LogP contribution in [0.5, 0.6) is 11.5 Å². The number of halogens is 1. The summed E-state index contributed by atoms with van der Waals surface area (Å²) >= 11 is 5.96. The summed E-state index contributed by atoms with van der Waals surface area (Å²) in [6.07, 6.45) is 2.13. The Morgan fingerprint density at radius 3 is 2.27 bits per heavy atom. The molecule has 0 saturated heterocycles. The van der Waals surface area contributed by atoms with E-state index in [0.29, 0.717) is 0 Å². The minimum Gasteiger partial charge on any atom is -0.493 e. The van der Waals surface area contributed by atoms with Gasteiger partial charge in [-0.05, 0) is 54.0 Å². The van der Waals surface area contributed by atoms with Crippen molar-refractivity contribution < 1.29 is 9.47 Å². The van der Waals surface area contributed by atoms with Gasteiger partial charge in [0.1, 0.15) is 0 Å². The Hall–Kier alpha value is -2.13. The lowest BCUT2D eigenvalue weighted by Crippen LogP contribution is -2.21. The Balaban J connectivity index is 2.08. The minimum atomic E-state index is 0.186. The molecule has 1 atom stereocenters. The van der Waals surface area contributed by atoms with Crippen molar-refractivity contribution in [1.29, 1.82) is 0 Å². The third kappa shape index (κ3) is 2.64. The number of fused-ring (bicyclic) bond motifs is 1. The monoisotopic (exact) mass is 315 g/mol. The van der Waals surface area contributed by atoms with Gasteiger partial charge in [-0.3, -0.25) is 0 Å². The summed E-state index contributed by atoms with van der Waals surface area (Å²) in [5, 5.41) is 4.25. The maximum Gasteiger partial charge on any atom is 0.161 e. The summed E-state index contributed by atoms with van der Waals surface area (Å²) in [6, 6.07) is 12.1. The largest absolute Gasteiger partial charge is 0.493 e. The Morgan fingerprint density at radius 2 is 1.64 bits per heavy atom. The predicted molar refractivity (Wildman–Crippen MR) is 90.4 cm³/mol. The average Bonchev–Trinajstić information content (AvgIpc) is 2.54. The van der Waals surface area contributed by atoms with Gasteiger partial charge < -0.3 is 14.8 Å². The molecule has 1 aliphatic heterocycles. The molecule has 4 heteroatoms. The van der Waals surface area contributed by atoms with Gasteiger partial charge in [0.15, 0.2) is 11.5 Å². The highest BCUT2D eigenvalue weighted by atomic mass is 35.5. The molecule has 114 valence electrons. The van der Waals surface area contributed by atoms with Crippen molar-refractivity contribution in [3.05, 3.63) is 58.1 Å². The molecule has 1 heterocycles. The Bertz CT molecular complexity index is 723. The average molecular weight is 316 g/mol. The van der Waals surface area contributed by atoms with Gasteiger partial charge in [0.2, 0.25) is 0 Å². The van der Waals surface area contributed by atoms with Gasteiger partial charge >= 0.3 is 0 Å². The number of rotatable bonds is 3. The molecule has 0 fully saturated rings. The molecule has 0 amide bonds. The van der Waals surface area contributed by atoms with E-state index in [-0.39, 0.29) is 6.04 Å². The number of methoxy groups -OCH3 is 2. The molecule has 2 aromatic rings. The first-order valence-electron chi connectivity index (χ1n) is 7.12. The van der Waals surface area contributed by atoms with E-state index in [2.05, 4.69) is 18.3 Å². The molecule has 1 aliphatic rings. The van der Waals surface area contributed by atoms with Crippen LogP contribution in [0, 0.1) is 0 Å². The van der Waals surface area contributed by atoms with Crippen LogP contribution in [0.25, 0.3) is 11.8 Å². The molecule has 22 heavy (non-hydrogen) atoms. The fraction of sp³-hybridized carbons (Fsp3) is 0.222. The van der Waals surface area contributed by atoms with Gasteiger partial charge in [0.25, 0.3) is 0 Å². The normalized spacial score (nSPS) is 16.4. The van der Waals surface area contributed by atoms with Crippen LogP contribution in [0.2, 0.25) is 5.02 Å². The molecule has 0 saturated carbocycles. The molecule has 3 nitrogen and oxygen atoms in total. The first-order valence-corrected chi connectivity index (χ1v) is 7.50. The second-order valence-corrected chi connectivity index (χ2v) is 5.70. The number of ether oxygens (including phenoxy) is 2. The van der Waals surface area contributed by atoms with E-state index >= 15 is 0 Å². The van der Waals surface area contributed by atoms with Crippen molar-refractivity contribution in [2.75, 3.05) is 14.2 Å². The third-order valence-corrected chi connectivity index (χ3v) is 4.13. The molecule has 2 aromatic carbocycles. The van der Waals surface area contributed by atoms with Gasteiger partial charge in [-0.15, -0.1) is 0 Å². The van der Waals surface area contributed by atoms with E-state index in [1.807, 2.05) is 36.4 Å². The van der Waals surface area contributed by atoms with Crippen molar-refractivity contribution in [2.24, 2.45) is 0 Å². The van der Waals surface area contributed by atoms with E-state index in [4.69, 9.17) is 21.1 Å². The second kappa shape index (κ2) is 5.93. The molecule has 0 spiro atoms. The van der Waals surface area contributed by atoms with Crippen molar-refractivity contribution >= 4 is 23.4 Å². The maximum absolute atomic E-state index is 5.96. The lowest BCUT2D eigenvalue weighted by molar-refractivity contribution is 0.354. The van der Waals surface area contributed by atoms with Crippen LogP contribution in [0.15, 0.2) is 36.4 Å². The lowest BCUT2D eigenvalue weighted by atomic mass is 9.94. The number of nitrogens with one attached hydrogen (secondary N) is 1. The molecule has 1 N–H and O–H groups in total. The van der Waals surface area contributed by atoms with E-state index in [1.54, 1.807) is 14.2 Å². The van der Waals surface area contributed by atoms with Crippen molar-refractivity contribution in [3.63, 3.8) is 0 Å². The Labute approximate surface area is 135 Å². The third-order valence-electron chi connectivity index (χ3n) is 3.88. The minimum absolute atomic E-state index is 0.186. The molecule has 0 bridgehead atoms. The number of hydrogen-bond donors (Lipinski definition) is 1.